The zero-order chi connectivity index (χ0) is 25.1. The number of aromatic nitrogens is 1. The maximum Gasteiger partial charge on any atom is 0.410 e. The standard InChI is InChI=1S/C23H38N4O6S/c1-17-15-26(16-18(2)32-17)34(30,31)14-10-24-21(28)20-7-6-11-27(20)19-8-12-25(13-9-19)22(29)33-23(3,4)5/h6-7,11,17-19H,8-10,12-16H2,1-5H3,(H,24,28). The molecule has 0 bridgehead atoms. The first kappa shape index (κ1) is 26.5. The number of rotatable bonds is 6. The molecule has 2 aliphatic heterocycles. The largest absolute Gasteiger partial charge is 0.444 e. The maximum absolute atomic E-state index is 12.8. The van der Waals surface area contributed by atoms with Gasteiger partial charge < -0.3 is 24.3 Å². The fourth-order valence-electron chi connectivity index (χ4n) is 4.43. The molecule has 10 nitrogen and oxygen atoms in total. The molecule has 0 aromatic carbocycles. The second-order valence-electron chi connectivity index (χ2n) is 10.1. The van der Waals surface area contributed by atoms with Gasteiger partial charge in [-0.3, -0.25) is 4.79 Å². The fourth-order valence-corrected chi connectivity index (χ4v) is 5.92. The van der Waals surface area contributed by atoms with Crippen molar-refractivity contribution >= 4 is 22.0 Å². The van der Waals surface area contributed by atoms with Crippen molar-refractivity contribution in [2.24, 2.45) is 0 Å². The Morgan fingerprint density at radius 1 is 1.15 bits per heavy atom. The van der Waals surface area contributed by atoms with Crippen LogP contribution >= 0.6 is 0 Å². The summed E-state index contributed by atoms with van der Waals surface area (Å²) in [5.41, 5.74) is -0.0486. The predicted molar refractivity (Wildman–Crippen MR) is 128 cm³/mol. The van der Waals surface area contributed by atoms with Gasteiger partial charge in [0.1, 0.15) is 11.3 Å². The SMILES string of the molecule is CC1CN(S(=O)(=O)CCNC(=O)c2cccn2C2CCN(C(=O)OC(C)(C)C)CC2)CC(C)O1. The highest BCUT2D eigenvalue weighted by Crippen LogP contribution is 2.26. The third-order valence-electron chi connectivity index (χ3n) is 5.95. The van der Waals surface area contributed by atoms with Gasteiger partial charge in [0.15, 0.2) is 0 Å². The van der Waals surface area contributed by atoms with E-state index in [1.165, 1.54) is 4.31 Å². The van der Waals surface area contributed by atoms with E-state index in [1.807, 2.05) is 51.4 Å². The summed E-state index contributed by atoms with van der Waals surface area (Å²) >= 11 is 0. The van der Waals surface area contributed by atoms with E-state index in [1.54, 1.807) is 11.0 Å². The van der Waals surface area contributed by atoms with E-state index in [0.717, 1.165) is 0 Å². The predicted octanol–water partition coefficient (Wildman–Crippen LogP) is 2.23. The number of piperidine rings is 1. The van der Waals surface area contributed by atoms with Gasteiger partial charge in [-0.2, -0.15) is 4.31 Å². The van der Waals surface area contributed by atoms with Gasteiger partial charge in [-0.1, -0.05) is 0 Å². The topological polar surface area (TPSA) is 110 Å². The van der Waals surface area contributed by atoms with Crippen LogP contribution in [0.25, 0.3) is 0 Å². The minimum absolute atomic E-state index is 0.0313. The van der Waals surface area contributed by atoms with Crippen LogP contribution in [0.2, 0.25) is 0 Å². The Labute approximate surface area is 202 Å². The number of nitrogens with zero attached hydrogens (tertiary/aromatic N) is 3. The molecule has 2 atom stereocenters. The van der Waals surface area contributed by atoms with Gasteiger partial charge >= 0.3 is 6.09 Å². The normalized spacial score (nSPS) is 23.0. The lowest BCUT2D eigenvalue weighted by Crippen LogP contribution is -2.49. The molecule has 1 N–H and O–H groups in total. The number of ether oxygens (including phenoxy) is 2. The van der Waals surface area contributed by atoms with Crippen LogP contribution in [0.3, 0.4) is 0 Å². The molecular weight excluding hydrogens is 460 g/mol. The molecule has 2 saturated heterocycles. The van der Waals surface area contributed by atoms with Crippen LogP contribution in [-0.2, 0) is 19.5 Å². The van der Waals surface area contributed by atoms with E-state index in [0.29, 0.717) is 44.7 Å². The fraction of sp³-hybridized carbons (Fsp3) is 0.739. The molecule has 1 aromatic rings. The first-order valence-electron chi connectivity index (χ1n) is 11.9. The molecule has 3 heterocycles. The molecule has 34 heavy (non-hydrogen) atoms. The van der Waals surface area contributed by atoms with Crippen LogP contribution in [0.4, 0.5) is 4.79 Å². The molecule has 192 valence electrons. The molecule has 2 aliphatic rings. The first-order valence-corrected chi connectivity index (χ1v) is 13.5. The van der Waals surface area contributed by atoms with Gasteiger partial charge in [0.2, 0.25) is 10.0 Å². The Hall–Kier alpha value is -2.11. The highest BCUT2D eigenvalue weighted by Gasteiger charge is 2.31. The Morgan fingerprint density at radius 3 is 2.35 bits per heavy atom. The monoisotopic (exact) mass is 498 g/mol. The highest BCUT2D eigenvalue weighted by molar-refractivity contribution is 7.89. The van der Waals surface area contributed by atoms with Gasteiger partial charge in [-0.05, 0) is 59.6 Å². The van der Waals surface area contributed by atoms with Crippen molar-refractivity contribution in [2.75, 3.05) is 38.5 Å². The molecular formula is C23H38N4O6S. The molecule has 2 fully saturated rings. The van der Waals surface area contributed by atoms with Crippen LogP contribution in [0, 0.1) is 0 Å². The second-order valence-corrected chi connectivity index (χ2v) is 12.2. The molecule has 0 spiro atoms. The number of likely N-dealkylation sites (tertiary alicyclic amines) is 1. The lowest BCUT2D eigenvalue weighted by molar-refractivity contribution is -0.0440. The summed E-state index contributed by atoms with van der Waals surface area (Å²) in [6.45, 7) is 11.0. The molecule has 0 radical (unpaired) electrons. The summed E-state index contributed by atoms with van der Waals surface area (Å²) in [6.07, 6.45) is 2.64. The first-order chi connectivity index (χ1) is 15.9. The molecule has 0 saturated carbocycles. The quantitative estimate of drug-likeness (QED) is 0.644. The number of morpholine rings is 1. The van der Waals surface area contributed by atoms with E-state index in [4.69, 9.17) is 9.47 Å². The number of nitrogens with one attached hydrogen (secondary N) is 1. The number of hydrogen-bond donors (Lipinski definition) is 1. The second kappa shape index (κ2) is 10.7. The Kier molecular flexibility index (Phi) is 8.30. The third-order valence-corrected chi connectivity index (χ3v) is 7.75. The molecule has 2 unspecified atom stereocenters. The highest BCUT2D eigenvalue weighted by atomic mass is 32.2. The zero-order valence-electron chi connectivity index (χ0n) is 20.8. The summed E-state index contributed by atoms with van der Waals surface area (Å²) in [4.78, 5) is 26.8. The van der Waals surface area contributed by atoms with Crippen molar-refractivity contribution in [2.45, 2.75) is 71.3 Å². The lowest BCUT2D eigenvalue weighted by Gasteiger charge is -2.34. The van der Waals surface area contributed by atoms with Gasteiger partial charge in [0.05, 0.1) is 18.0 Å². The van der Waals surface area contributed by atoms with Crippen molar-refractivity contribution in [3.63, 3.8) is 0 Å². The van der Waals surface area contributed by atoms with Crippen molar-refractivity contribution in [1.29, 1.82) is 0 Å². The molecule has 1 aromatic heterocycles. The van der Waals surface area contributed by atoms with Gasteiger partial charge in [0.25, 0.3) is 5.91 Å². The van der Waals surface area contributed by atoms with Crippen molar-refractivity contribution in [3.8, 4) is 0 Å². The number of hydrogen-bond acceptors (Lipinski definition) is 6. The van der Waals surface area contributed by atoms with Crippen LogP contribution in [0.1, 0.15) is 64.0 Å². The Bertz CT molecular complexity index is 952. The van der Waals surface area contributed by atoms with Crippen molar-refractivity contribution in [3.05, 3.63) is 24.0 Å². The number of amides is 2. The van der Waals surface area contributed by atoms with Gasteiger partial charge in [0, 0.05) is 45.0 Å². The van der Waals surface area contributed by atoms with Crippen molar-refractivity contribution in [1.82, 2.24) is 19.1 Å². The van der Waals surface area contributed by atoms with E-state index in [2.05, 4.69) is 5.32 Å². The van der Waals surface area contributed by atoms with E-state index in [-0.39, 0.29) is 42.5 Å². The smallest absolute Gasteiger partial charge is 0.410 e. The minimum Gasteiger partial charge on any atom is -0.444 e. The van der Waals surface area contributed by atoms with Gasteiger partial charge in [-0.25, -0.2) is 13.2 Å². The minimum atomic E-state index is -3.49. The molecule has 3 rings (SSSR count). The summed E-state index contributed by atoms with van der Waals surface area (Å²) in [6, 6.07) is 3.62. The van der Waals surface area contributed by atoms with Gasteiger partial charge in [-0.15, -0.1) is 0 Å². The zero-order valence-corrected chi connectivity index (χ0v) is 21.6. The van der Waals surface area contributed by atoms with Crippen LogP contribution in [0.5, 0.6) is 0 Å². The van der Waals surface area contributed by atoms with Crippen LogP contribution in [0.15, 0.2) is 18.3 Å². The molecule has 0 aliphatic carbocycles. The Balaban J connectivity index is 1.51. The summed E-state index contributed by atoms with van der Waals surface area (Å²) in [5, 5.41) is 2.75. The van der Waals surface area contributed by atoms with E-state index in [9.17, 15) is 18.0 Å². The average Bonchev–Trinajstić information content (AvgIpc) is 3.22. The number of carbonyl (C=O) groups is 2. The Morgan fingerprint density at radius 2 is 1.76 bits per heavy atom. The number of carbonyl (C=O) groups excluding carboxylic acids is 2. The summed E-state index contributed by atoms with van der Waals surface area (Å²) in [7, 11) is -3.49. The van der Waals surface area contributed by atoms with Crippen LogP contribution in [-0.4, -0.2) is 90.5 Å². The molecule has 2 amide bonds. The average molecular weight is 499 g/mol. The molecule has 11 heteroatoms. The summed E-state index contributed by atoms with van der Waals surface area (Å²) in [5.74, 6) is -0.467. The van der Waals surface area contributed by atoms with E-state index >= 15 is 0 Å². The summed E-state index contributed by atoms with van der Waals surface area (Å²) < 4.78 is 39.8. The maximum atomic E-state index is 12.8. The third kappa shape index (κ3) is 6.96. The lowest BCUT2D eigenvalue weighted by atomic mass is 10.0. The van der Waals surface area contributed by atoms with Crippen LogP contribution < -0.4 is 5.32 Å². The van der Waals surface area contributed by atoms with E-state index < -0.39 is 15.6 Å². The van der Waals surface area contributed by atoms with Crippen molar-refractivity contribution < 1.29 is 27.5 Å². The number of sulfonamides is 1.